The van der Waals surface area contributed by atoms with Crippen LogP contribution in [0.1, 0.15) is 0 Å². The van der Waals surface area contributed by atoms with Crippen molar-refractivity contribution in [1.29, 1.82) is 0 Å². The van der Waals surface area contributed by atoms with Crippen molar-refractivity contribution in [2.45, 2.75) is 0 Å². The Kier molecular flexibility index (Phi) is 1.47. The molecule has 2 aliphatic heterocycles. The Labute approximate surface area is 80.6 Å². The van der Waals surface area contributed by atoms with Gasteiger partial charge in [0.25, 0.3) is 0 Å². The number of benzene rings is 1. The van der Waals surface area contributed by atoms with Gasteiger partial charge < -0.3 is 0 Å². The number of hydrogen-bond donors (Lipinski definition) is 0. The van der Waals surface area contributed by atoms with Crippen molar-refractivity contribution in [2.24, 2.45) is 15.0 Å². The Balaban J connectivity index is 2.29. The first-order chi connectivity index (χ1) is 6.93. The van der Waals surface area contributed by atoms with Gasteiger partial charge in [-0.05, 0) is 6.07 Å². The molecule has 68 valence electrons. The van der Waals surface area contributed by atoms with Crippen LogP contribution in [-0.4, -0.2) is 23.9 Å². The van der Waals surface area contributed by atoms with Crippen LogP contribution in [0.25, 0.3) is 6.20 Å². The molecule has 3 rings (SSSR count). The predicted octanol–water partition coefficient (Wildman–Crippen LogP) is -0.285. The molecule has 0 fully saturated rings. The fraction of sp³-hybridized carbons (Fsp3) is 0.100. The van der Waals surface area contributed by atoms with Crippen molar-refractivity contribution in [1.82, 2.24) is 4.90 Å². The van der Waals surface area contributed by atoms with Crippen LogP contribution in [0.5, 0.6) is 0 Å². The first-order valence-electron chi connectivity index (χ1n) is 4.42. The summed E-state index contributed by atoms with van der Waals surface area (Å²) in [5, 5.41) is 2.08. The summed E-state index contributed by atoms with van der Waals surface area (Å²) in [5.74, 6) is 0.721. The maximum Gasteiger partial charge on any atom is 0.233 e. The lowest BCUT2D eigenvalue weighted by Crippen LogP contribution is -2.40. The molecule has 0 radical (unpaired) electrons. The summed E-state index contributed by atoms with van der Waals surface area (Å²) in [6, 6.07) is 7.99. The summed E-state index contributed by atoms with van der Waals surface area (Å²) in [6.45, 7) is 0.608. The molecule has 0 aliphatic carbocycles. The number of para-hydroxylation sites is 1. The van der Waals surface area contributed by atoms with E-state index in [0.29, 0.717) is 6.67 Å². The largest absolute Gasteiger partial charge is 0.296 e. The maximum absolute atomic E-state index is 4.42. The van der Waals surface area contributed by atoms with Gasteiger partial charge in [-0.15, -0.1) is 0 Å². The first-order valence-corrected chi connectivity index (χ1v) is 4.42. The van der Waals surface area contributed by atoms with E-state index in [1.54, 1.807) is 6.34 Å². The minimum absolute atomic E-state index is 0.608. The molecular weight excluding hydrogens is 176 g/mol. The summed E-state index contributed by atoms with van der Waals surface area (Å²) in [7, 11) is 0. The molecule has 0 spiro atoms. The summed E-state index contributed by atoms with van der Waals surface area (Å²) >= 11 is 0. The van der Waals surface area contributed by atoms with Gasteiger partial charge in [0.15, 0.2) is 0 Å². The van der Waals surface area contributed by atoms with Crippen molar-refractivity contribution >= 4 is 18.5 Å². The zero-order chi connectivity index (χ0) is 9.38. The third-order valence-electron chi connectivity index (χ3n) is 2.20. The number of aliphatic imine (C=N–C) groups is 2. The van der Waals surface area contributed by atoms with E-state index >= 15 is 0 Å². The number of hydrogen-bond acceptors (Lipinski definition) is 4. The standard InChI is InChI=1S/C10H8N4/c1-2-4-9-8(3-1)5-14-7-11-6-12-10(14)13-9/h1-6H,7H2. The highest BCUT2D eigenvalue weighted by Gasteiger charge is 2.12. The molecule has 0 amide bonds. The second-order valence-corrected chi connectivity index (χ2v) is 3.14. The van der Waals surface area contributed by atoms with Crippen LogP contribution in [0.3, 0.4) is 0 Å². The zero-order valence-corrected chi connectivity index (χ0v) is 7.46. The van der Waals surface area contributed by atoms with Gasteiger partial charge in [-0.2, -0.15) is 0 Å². The fourth-order valence-corrected chi connectivity index (χ4v) is 1.52. The average Bonchev–Trinajstić information content (AvgIpc) is 2.26. The number of nitrogens with zero attached hydrogens (tertiary/aromatic N) is 4. The molecule has 0 N–H and O–H groups in total. The minimum Gasteiger partial charge on any atom is -0.296 e. The Morgan fingerprint density at radius 1 is 1.21 bits per heavy atom. The molecule has 0 aromatic heterocycles. The zero-order valence-electron chi connectivity index (χ0n) is 7.46. The molecule has 1 aromatic rings. The van der Waals surface area contributed by atoms with E-state index in [1.807, 2.05) is 35.4 Å². The van der Waals surface area contributed by atoms with Crippen LogP contribution in [-0.2, 0) is 0 Å². The maximum atomic E-state index is 4.42. The predicted molar refractivity (Wildman–Crippen MR) is 54.3 cm³/mol. The smallest absolute Gasteiger partial charge is 0.233 e. The van der Waals surface area contributed by atoms with Gasteiger partial charge in [0.1, 0.15) is 13.0 Å². The highest BCUT2D eigenvalue weighted by molar-refractivity contribution is 5.92. The van der Waals surface area contributed by atoms with E-state index < -0.39 is 0 Å². The minimum atomic E-state index is 0.608. The molecule has 4 nitrogen and oxygen atoms in total. The molecule has 1 aromatic carbocycles. The van der Waals surface area contributed by atoms with Gasteiger partial charge in [0.05, 0.1) is 5.36 Å². The molecule has 14 heavy (non-hydrogen) atoms. The van der Waals surface area contributed by atoms with E-state index in [4.69, 9.17) is 0 Å². The summed E-state index contributed by atoms with van der Waals surface area (Å²) in [5.41, 5.74) is 0. The van der Waals surface area contributed by atoms with Crippen LogP contribution in [0.4, 0.5) is 0 Å². The first kappa shape index (κ1) is 7.44. The van der Waals surface area contributed by atoms with Gasteiger partial charge in [-0.1, -0.05) is 18.2 Å². The highest BCUT2D eigenvalue weighted by Crippen LogP contribution is 2.00. The van der Waals surface area contributed by atoms with E-state index in [9.17, 15) is 0 Å². The lowest BCUT2D eigenvalue weighted by Gasteiger charge is -2.21. The molecule has 0 saturated heterocycles. The average molecular weight is 184 g/mol. The second-order valence-electron chi connectivity index (χ2n) is 3.14. The Morgan fingerprint density at radius 3 is 3.14 bits per heavy atom. The number of fused-ring (bicyclic) bond motifs is 2. The Morgan fingerprint density at radius 2 is 2.14 bits per heavy atom. The van der Waals surface area contributed by atoms with Crippen LogP contribution in [0.15, 0.2) is 39.2 Å². The summed E-state index contributed by atoms with van der Waals surface area (Å²) in [6.07, 6.45) is 3.58. The van der Waals surface area contributed by atoms with Crippen molar-refractivity contribution in [3.63, 3.8) is 0 Å². The third-order valence-corrected chi connectivity index (χ3v) is 2.20. The fourth-order valence-electron chi connectivity index (χ4n) is 1.52. The van der Waals surface area contributed by atoms with Gasteiger partial charge in [0.2, 0.25) is 5.96 Å². The van der Waals surface area contributed by atoms with E-state index in [-0.39, 0.29) is 0 Å². The van der Waals surface area contributed by atoms with Crippen LogP contribution in [0, 0.1) is 0 Å². The molecule has 4 heteroatoms. The second kappa shape index (κ2) is 2.77. The van der Waals surface area contributed by atoms with E-state index in [0.717, 1.165) is 16.5 Å². The Hall–Kier alpha value is -1.97. The van der Waals surface area contributed by atoms with Crippen LogP contribution in [0.2, 0.25) is 0 Å². The molecule has 2 aliphatic rings. The van der Waals surface area contributed by atoms with Crippen molar-refractivity contribution in [3.05, 3.63) is 34.8 Å². The van der Waals surface area contributed by atoms with Crippen LogP contribution >= 0.6 is 0 Å². The van der Waals surface area contributed by atoms with Crippen molar-refractivity contribution in [2.75, 3.05) is 6.67 Å². The number of rotatable bonds is 0. The van der Waals surface area contributed by atoms with E-state index in [2.05, 4.69) is 15.0 Å². The quantitative estimate of drug-likeness (QED) is 0.546. The van der Waals surface area contributed by atoms with Gasteiger partial charge >= 0.3 is 0 Å². The topological polar surface area (TPSA) is 40.3 Å². The molecular formula is C10H8N4. The molecule has 0 saturated carbocycles. The third kappa shape index (κ3) is 1.04. The van der Waals surface area contributed by atoms with Crippen molar-refractivity contribution in [3.8, 4) is 0 Å². The lowest BCUT2D eigenvalue weighted by atomic mass is 10.3. The van der Waals surface area contributed by atoms with Gasteiger partial charge in [0, 0.05) is 11.4 Å². The van der Waals surface area contributed by atoms with E-state index in [1.165, 1.54) is 0 Å². The Bertz CT molecular complexity index is 541. The van der Waals surface area contributed by atoms with Gasteiger partial charge in [-0.25, -0.2) is 9.98 Å². The van der Waals surface area contributed by atoms with Crippen LogP contribution < -0.4 is 10.6 Å². The lowest BCUT2D eigenvalue weighted by molar-refractivity contribution is 0.598. The monoisotopic (exact) mass is 184 g/mol. The number of guanidine groups is 1. The normalized spacial score (nSPS) is 17.4. The molecule has 0 unspecified atom stereocenters. The summed E-state index contributed by atoms with van der Waals surface area (Å²) in [4.78, 5) is 14.5. The SMILES string of the molecule is C1=NCN2C=c3ccccc3=NC2=N1. The van der Waals surface area contributed by atoms with Gasteiger partial charge in [-0.3, -0.25) is 9.89 Å². The molecule has 0 bridgehead atoms. The van der Waals surface area contributed by atoms with Crippen molar-refractivity contribution < 1.29 is 0 Å². The summed E-state index contributed by atoms with van der Waals surface area (Å²) < 4.78 is 0. The molecule has 2 heterocycles. The molecule has 0 atom stereocenters. The highest BCUT2D eigenvalue weighted by atomic mass is 15.3.